The summed E-state index contributed by atoms with van der Waals surface area (Å²) in [7, 11) is 0. The molecule has 1 aliphatic carbocycles. The van der Waals surface area contributed by atoms with E-state index >= 15 is 0 Å². The Hall–Kier alpha value is -2.60. The normalized spacial score (nSPS) is 15.8. The van der Waals surface area contributed by atoms with Crippen LogP contribution in [0, 0.1) is 0 Å². The van der Waals surface area contributed by atoms with Crippen molar-refractivity contribution >= 4 is 32.3 Å². The van der Waals surface area contributed by atoms with Gasteiger partial charge < -0.3 is 0 Å². The van der Waals surface area contributed by atoms with E-state index in [9.17, 15) is 0 Å². The van der Waals surface area contributed by atoms with Gasteiger partial charge in [-0.15, -0.1) is 0 Å². The van der Waals surface area contributed by atoms with Crippen LogP contribution in [0.1, 0.15) is 25.7 Å². The van der Waals surface area contributed by atoms with Crippen LogP contribution in [0.5, 0.6) is 0 Å². The average molecular weight is 310 g/mol. The summed E-state index contributed by atoms with van der Waals surface area (Å²) in [4.78, 5) is 0. The fourth-order valence-corrected chi connectivity index (χ4v) is 3.53. The van der Waals surface area contributed by atoms with Crippen molar-refractivity contribution in [2.75, 3.05) is 0 Å². The zero-order valence-electron chi connectivity index (χ0n) is 13.9. The molecule has 0 spiro atoms. The van der Waals surface area contributed by atoms with Crippen molar-refractivity contribution in [2.24, 2.45) is 0 Å². The van der Waals surface area contributed by atoms with Gasteiger partial charge in [-0.1, -0.05) is 85.0 Å². The molecule has 0 atom stereocenters. The Morgan fingerprint density at radius 3 is 0.958 bits per heavy atom. The van der Waals surface area contributed by atoms with E-state index < -0.39 is 0 Å². The molecule has 0 saturated heterocycles. The average Bonchev–Trinajstić information content (AvgIpc) is 2.60. The van der Waals surface area contributed by atoms with E-state index in [0.29, 0.717) is 0 Å². The Kier molecular flexibility index (Phi) is 4.29. The Balaban J connectivity index is 0.000000155. The maximum atomic E-state index is 2.27. The topological polar surface area (TPSA) is 0 Å². The highest BCUT2D eigenvalue weighted by Gasteiger charge is 2.05. The van der Waals surface area contributed by atoms with E-state index in [1.165, 1.54) is 58.0 Å². The summed E-state index contributed by atoms with van der Waals surface area (Å²) in [5.41, 5.74) is 0. The van der Waals surface area contributed by atoms with Crippen LogP contribution in [-0.4, -0.2) is 0 Å². The van der Waals surface area contributed by atoms with Crippen LogP contribution in [0.25, 0.3) is 32.3 Å². The third kappa shape index (κ3) is 2.92. The predicted octanol–water partition coefficient (Wildman–Crippen LogP) is 7.26. The standard InChI is InChI=1S/C16H10.C8H12/c1-3-11-7-9-13-5-2-6-14-10-8-12(4-1)15(11)16(13)14;1-2-4-6-8-7-5-3-1/h1-10H;1-2,7-8H,3-6H2/b;2-1-,8-7?. The third-order valence-electron chi connectivity index (χ3n) is 4.73. The molecule has 1 aliphatic rings. The van der Waals surface area contributed by atoms with Crippen molar-refractivity contribution in [2.45, 2.75) is 25.7 Å². The van der Waals surface area contributed by atoms with Gasteiger partial charge in [-0.05, 0) is 58.0 Å². The minimum Gasteiger partial charge on any atom is -0.0882 e. The number of hydrogen-bond acceptors (Lipinski definition) is 0. The first-order valence-electron chi connectivity index (χ1n) is 8.86. The molecule has 4 aromatic rings. The fourth-order valence-electron chi connectivity index (χ4n) is 3.53. The van der Waals surface area contributed by atoms with Crippen LogP contribution < -0.4 is 0 Å². The number of benzene rings is 4. The summed E-state index contributed by atoms with van der Waals surface area (Å²) in [6, 6.07) is 21.9. The molecule has 0 nitrogen and oxygen atoms in total. The molecule has 0 aliphatic heterocycles. The highest BCUT2D eigenvalue weighted by molar-refractivity contribution is 6.22. The van der Waals surface area contributed by atoms with Crippen LogP contribution in [0.4, 0.5) is 0 Å². The molecule has 4 aromatic carbocycles. The molecule has 118 valence electrons. The second-order valence-electron chi connectivity index (χ2n) is 6.39. The lowest BCUT2D eigenvalue weighted by Crippen LogP contribution is -1.82. The first-order valence-corrected chi connectivity index (χ1v) is 8.86. The molecule has 24 heavy (non-hydrogen) atoms. The molecule has 0 heteroatoms. The quantitative estimate of drug-likeness (QED) is 0.237. The maximum absolute atomic E-state index is 2.27. The Labute approximate surface area is 143 Å². The minimum absolute atomic E-state index is 1.23. The highest BCUT2D eigenvalue weighted by Crippen LogP contribution is 2.33. The summed E-state index contributed by atoms with van der Waals surface area (Å²) >= 11 is 0. The second-order valence-corrected chi connectivity index (χ2v) is 6.39. The van der Waals surface area contributed by atoms with Gasteiger partial charge >= 0.3 is 0 Å². The molecule has 0 bridgehead atoms. The van der Waals surface area contributed by atoms with Crippen molar-refractivity contribution in [1.29, 1.82) is 0 Å². The molecule has 0 heterocycles. The summed E-state index contributed by atoms with van der Waals surface area (Å²) in [5, 5.41) is 8.14. The van der Waals surface area contributed by atoms with E-state index in [1.807, 2.05) is 0 Å². The number of hydrogen-bond donors (Lipinski definition) is 0. The maximum Gasteiger partial charge on any atom is -0.00268 e. The van der Waals surface area contributed by atoms with Gasteiger partial charge in [-0.3, -0.25) is 0 Å². The largest absolute Gasteiger partial charge is 0.0882 e. The van der Waals surface area contributed by atoms with Gasteiger partial charge in [0.25, 0.3) is 0 Å². The predicted molar refractivity (Wildman–Crippen MR) is 107 cm³/mol. The van der Waals surface area contributed by atoms with Crippen molar-refractivity contribution < 1.29 is 0 Å². The van der Waals surface area contributed by atoms with Gasteiger partial charge in [0.15, 0.2) is 0 Å². The molecule has 0 N–H and O–H groups in total. The van der Waals surface area contributed by atoms with Gasteiger partial charge in [-0.25, -0.2) is 0 Å². The molecule has 0 saturated carbocycles. The van der Waals surface area contributed by atoms with Crippen molar-refractivity contribution in [3.8, 4) is 0 Å². The number of rotatable bonds is 0. The molecule has 0 amide bonds. The fraction of sp³-hybridized carbons (Fsp3) is 0.167. The van der Waals surface area contributed by atoms with Gasteiger partial charge in [0.1, 0.15) is 0 Å². The van der Waals surface area contributed by atoms with Gasteiger partial charge in [-0.2, -0.15) is 0 Å². The summed E-state index contributed by atoms with van der Waals surface area (Å²) in [6.45, 7) is 0. The third-order valence-corrected chi connectivity index (χ3v) is 4.73. The number of allylic oxidation sites excluding steroid dienone is 4. The van der Waals surface area contributed by atoms with E-state index in [4.69, 9.17) is 0 Å². The molecule has 0 unspecified atom stereocenters. The van der Waals surface area contributed by atoms with Gasteiger partial charge in [0, 0.05) is 0 Å². The van der Waals surface area contributed by atoms with E-state index in [2.05, 4.69) is 85.0 Å². The van der Waals surface area contributed by atoms with Crippen molar-refractivity contribution in [1.82, 2.24) is 0 Å². The SMILES string of the molecule is C1=CCC/C=C\CC1.c1cc2ccc3cccc4ccc(c1)c2c34. The molecular formula is C24H22. The second kappa shape index (κ2) is 6.88. The lowest BCUT2D eigenvalue weighted by atomic mass is 9.95. The lowest BCUT2D eigenvalue weighted by Gasteiger charge is -2.09. The Morgan fingerprint density at radius 2 is 0.667 bits per heavy atom. The lowest BCUT2D eigenvalue weighted by molar-refractivity contribution is 0.962. The summed E-state index contributed by atoms with van der Waals surface area (Å²) in [6.07, 6.45) is 14.0. The highest BCUT2D eigenvalue weighted by atomic mass is 14.1. The summed E-state index contributed by atoms with van der Waals surface area (Å²) < 4.78 is 0. The molecule has 5 rings (SSSR count). The zero-order valence-corrected chi connectivity index (χ0v) is 13.9. The smallest absolute Gasteiger partial charge is 0.00268 e. The Morgan fingerprint density at radius 1 is 0.375 bits per heavy atom. The van der Waals surface area contributed by atoms with Crippen LogP contribution in [0.3, 0.4) is 0 Å². The van der Waals surface area contributed by atoms with Crippen LogP contribution >= 0.6 is 0 Å². The van der Waals surface area contributed by atoms with Crippen molar-refractivity contribution in [3.05, 3.63) is 85.0 Å². The zero-order chi connectivity index (χ0) is 16.2. The molecular weight excluding hydrogens is 288 g/mol. The minimum atomic E-state index is 1.23. The monoisotopic (exact) mass is 310 g/mol. The molecule has 0 fully saturated rings. The van der Waals surface area contributed by atoms with E-state index in [-0.39, 0.29) is 0 Å². The van der Waals surface area contributed by atoms with E-state index in [1.54, 1.807) is 0 Å². The van der Waals surface area contributed by atoms with Gasteiger partial charge in [0.2, 0.25) is 0 Å². The molecule has 0 radical (unpaired) electrons. The van der Waals surface area contributed by atoms with Gasteiger partial charge in [0.05, 0.1) is 0 Å². The van der Waals surface area contributed by atoms with Crippen LogP contribution in [-0.2, 0) is 0 Å². The van der Waals surface area contributed by atoms with E-state index in [0.717, 1.165) is 0 Å². The van der Waals surface area contributed by atoms with Crippen LogP contribution in [0.15, 0.2) is 85.0 Å². The van der Waals surface area contributed by atoms with Crippen molar-refractivity contribution in [3.63, 3.8) is 0 Å². The molecule has 0 aromatic heterocycles. The van der Waals surface area contributed by atoms with Crippen LogP contribution in [0.2, 0.25) is 0 Å². The Bertz CT molecular complexity index is 848. The first-order chi connectivity index (χ1) is 11.9. The summed E-state index contributed by atoms with van der Waals surface area (Å²) in [5.74, 6) is 0. The first kappa shape index (κ1) is 15.0.